The standard InChI is InChI=1S/C12H15ClN2O3/c1-7(16)15-10(12(14)17)6-8-3-4-11(18-2)9(13)5-8/h3-5,10H,6H2,1-2H3,(H2,14,17)(H,15,16)/t10-/m0/s1. The van der Waals surface area contributed by atoms with Crippen molar-refractivity contribution in [3.05, 3.63) is 28.8 Å². The molecule has 1 atom stereocenters. The number of ether oxygens (including phenoxy) is 1. The molecule has 0 fully saturated rings. The Labute approximate surface area is 110 Å². The van der Waals surface area contributed by atoms with Gasteiger partial charge in [0.2, 0.25) is 11.8 Å². The van der Waals surface area contributed by atoms with Gasteiger partial charge in [0.1, 0.15) is 11.8 Å². The van der Waals surface area contributed by atoms with E-state index < -0.39 is 11.9 Å². The lowest BCUT2D eigenvalue weighted by Gasteiger charge is -2.14. The van der Waals surface area contributed by atoms with E-state index >= 15 is 0 Å². The Bertz CT molecular complexity index is 463. The van der Waals surface area contributed by atoms with E-state index in [0.717, 1.165) is 5.56 Å². The molecule has 5 nitrogen and oxygen atoms in total. The largest absolute Gasteiger partial charge is 0.495 e. The van der Waals surface area contributed by atoms with E-state index in [9.17, 15) is 9.59 Å². The van der Waals surface area contributed by atoms with Gasteiger partial charge in [0.05, 0.1) is 12.1 Å². The Morgan fingerprint density at radius 2 is 2.17 bits per heavy atom. The quantitative estimate of drug-likeness (QED) is 0.833. The average Bonchev–Trinajstić information content (AvgIpc) is 2.27. The van der Waals surface area contributed by atoms with Gasteiger partial charge < -0.3 is 15.8 Å². The van der Waals surface area contributed by atoms with Crippen LogP contribution in [0.5, 0.6) is 5.75 Å². The Balaban J connectivity index is 2.84. The summed E-state index contributed by atoms with van der Waals surface area (Å²) < 4.78 is 5.02. The van der Waals surface area contributed by atoms with E-state index in [1.165, 1.54) is 14.0 Å². The van der Waals surface area contributed by atoms with E-state index in [1.807, 2.05) is 0 Å². The number of carbonyl (C=O) groups is 2. The fourth-order valence-corrected chi connectivity index (χ4v) is 1.82. The van der Waals surface area contributed by atoms with Crippen LogP contribution in [0.25, 0.3) is 0 Å². The maximum atomic E-state index is 11.2. The van der Waals surface area contributed by atoms with Gasteiger partial charge in [-0.05, 0) is 17.7 Å². The molecule has 1 aromatic rings. The monoisotopic (exact) mass is 270 g/mol. The van der Waals surface area contributed by atoms with Gasteiger partial charge in [-0.25, -0.2) is 0 Å². The van der Waals surface area contributed by atoms with Gasteiger partial charge in [-0.1, -0.05) is 17.7 Å². The summed E-state index contributed by atoms with van der Waals surface area (Å²) in [6.45, 7) is 1.33. The van der Waals surface area contributed by atoms with Crippen molar-refractivity contribution in [2.45, 2.75) is 19.4 Å². The maximum Gasteiger partial charge on any atom is 0.240 e. The molecule has 1 rings (SSSR count). The highest BCUT2D eigenvalue weighted by Gasteiger charge is 2.17. The molecular formula is C12H15ClN2O3. The number of carbonyl (C=O) groups excluding carboxylic acids is 2. The van der Waals surface area contributed by atoms with E-state index in [0.29, 0.717) is 17.2 Å². The molecule has 2 amide bonds. The molecule has 0 spiro atoms. The molecule has 3 N–H and O–H groups in total. The van der Waals surface area contributed by atoms with Crippen molar-refractivity contribution in [2.24, 2.45) is 5.73 Å². The number of rotatable bonds is 5. The summed E-state index contributed by atoms with van der Waals surface area (Å²) >= 11 is 5.97. The SMILES string of the molecule is COc1ccc(C[C@H](NC(C)=O)C(N)=O)cc1Cl. The molecule has 98 valence electrons. The normalized spacial score (nSPS) is 11.7. The summed E-state index contributed by atoms with van der Waals surface area (Å²) in [6.07, 6.45) is 0.290. The molecule has 0 aliphatic heterocycles. The first-order valence-electron chi connectivity index (χ1n) is 5.33. The van der Waals surface area contributed by atoms with Crippen molar-refractivity contribution in [1.82, 2.24) is 5.32 Å². The second-order valence-corrected chi connectivity index (χ2v) is 4.24. The first-order valence-corrected chi connectivity index (χ1v) is 5.70. The predicted molar refractivity (Wildman–Crippen MR) is 68.5 cm³/mol. The summed E-state index contributed by atoms with van der Waals surface area (Å²) in [5, 5.41) is 2.93. The fourth-order valence-electron chi connectivity index (χ4n) is 1.54. The van der Waals surface area contributed by atoms with Gasteiger partial charge >= 0.3 is 0 Å². The highest BCUT2D eigenvalue weighted by atomic mass is 35.5. The minimum Gasteiger partial charge on any atom is -0.495 e. The maximum absolute atomic E-state index is 11.2. The zero-order valence-electron chi connectivity index (χ0n) is 10.2. The van der Waals surface area contributed by atoms with Gasteiger partial charge in [0.25, 0.3) is 0 Å². The van der Waals surface area contributed by atoms with Crippen LogP contribution in [-0.4, -0.2) is 25.0 Å². The van der Waals surface area contributed by atoms with Crippen LogP contribution >= 0.6 is 11.6 Å². The van der Waals surface area contributed by atoms with Crippen LogP contribution in [0.15, 0.2) is 18.2 Å². The van der Waals surface area contributed by atoms with Crippen molar-refractivity contribution in [3.8, 4) is 5.75 Å². The number of nitrogens with one attached hydrogen (secondary N) is 1. The van der Waals surface area contributed by atoms with E-state index in [-0.39, 0.29) is 5.91 Å². The third-order valence-electron chi connectivity index (χ3n) is 2.38. The summed E-state index contributed by atoms with van der Waals surface area (Å²) in [4.78, 5) is 22.1. The molecular weight excluding hydrogens is 256 g/mol. The summed E-state index contributed by atoms with van der Waals surface area (Å²) in [5.74, 6) is -0.342. The van der Waals surface area contributed by atoms with Crippen LogP contribution in [0.2, 0.25) is 5.02 Å². The van der Waals surface area contributed by atoms with Gasteiger partial charge in [-0.15, -0.1) is 0 Å². The van der Waals surface area contributed by atoms with Crippen LogP contribution in [0.4, 0.5) is 0 Å². The first kappa shape index (κ1) is 14.3. The molecule has 0 aliphatic carbocycles. The fraction of sp³-hybridized carbons (Fsp3) is 0.333. The molecule has 0 heterocycles. The Morgan fingerprint density at radius 1 is 1.50 bits per heavy atom. The first-order chi connectivity index (χ1) is 8.43. The molecule has 0 saturated carbocycles. The van der Waals surface area contributed by atoms with E-state index in [2.05, 4.69) is 5.32 Å². The van der Waals surface area contributed by atoms with E-state index in [1.54, 1.807) is 18.2 Å². The molecule has 0 saturated heterocycles. The van der Waals surface area contributed by atoms with Crippen LogP contribution in [0, 0.1) is 0 Å². The molecule has 0 aromatic heterocycles. The van der Waals surface area contributed by atoms with Gasteiger partial charge in [-0.2, -0.15) is 0 Å². The smallest absolute Gasteiger partial charge is 0.240 e. The molecule has 18 heavy (non-hydrogen) atoms. The molecule has 0 aliphatic rings. The zero-order valence-corrected chi connectivity index (χ0v) is 11.0. The predicted octanol–water partition coefficient (Wildman–Crippen LogP) is 0.881. The summed E-state index contributed by atoms with van der Waals surface area (Å²) in [6, 6.07) is 4.40. The third kappa shape index (κ3) is 3.92. The van der Waals surface area contributed by atoms with Gasteiger partial charge in [0.15, 0.2) is 0 Å². The lowest BCUT2D eigenvalue weighted by atomic mass is 10.1. The van der Waals surface area contributed by atoms with Gasteiger partial charge in [-0.3, -0.25) is 9.59 Å². The van der Waals surface area contributed by atoms with Crippen molar-refractivity contribution < 1.29 is 14.3 Å². The second-order valence-electron chi connectivity index (χ2n) is 3.83. The lowest BCUT2D eigenvalue weighted by Crippen LogP contribution is -2.44. The molecule has 0 unspecified atom stereocenters. The van der Waals surface area contributed by atoms with Crippen LogP contribution in [0.3, 0.4) is 0 Å². The minimum atomic E-state index is -0.744. The Hall–Kier alpha value is -1.75. The molecule has 0 bridgehead atoms. The van der Waals surface area contributed by atoms with Crippen molar-refractivity contribution in [1.29, 1.82) is 0 Å². The lowest BCUT2D eigenvalue weighted by molar-refractivity contribution is -0.126. The molecule has 1 aromatic carbocycles. The third-order valence-corrected chi connectivity index (χ3v) is 2.67. The van der Waals surface area contributed by atoms with Crippen molar-refractivity contribution in [2.75, 3.05) is 7.11 Å². The molecule has 0 radical (unpaired) electrons. The zero-order chi connectivity index (χ0) is 13.7. The topological polar surface area (TPSA) is 81.4 Å². The average molecular weight is 271 g/mol. The molecule has 6 heteroatoms. The van der Waals surface area contributed by atoms with Crippen LogP contribution in [-0.2, 0) is 16.0 Å². The number of benzene rings is 1. The van der Waals surface area contributed by atoms with Crippen LogP contribution < -0.4 is 15.8 Å². The minimum absolute atomic E-state index is 0.290. The highest BCUT2D eigenvalue weighted by molar-refractivity contribution is 6.32. The van der Waals surface area contributed by atoms with Crippen LogP contribution in [0.1, 0.15) is 12.5 Å². The van der Waals surface area contributed by atoms with Crippen molar-refractivity contribution >= 4 is 23.4 Å². The summed E-state index contributed by atoms with van der Waals surface area (Å²) in [5.41, 5.74) is 6.01. The number of nitrogens with two attached hydrogens (primary N) is 1. The number of halogens is 1. The van der Waals surface area contributed by atoms with Crippen molar-refractivity contribution in [3.63, 3.8) is 0 Å². The number of amides is 2. The number of hydrogen-bond acceptors (Lipinski definition) is 3. The van der Waals surface area contributed by atoms with Gasteiger partial charge in [0, 0.05) is 13.3 Å². The Kier molecular flexibility index (Phi) is 4.97. The Morgan fingerprint density at radius 3 is 2.61 bits per heavy atom. The van der Waals surface area contributed by atoms with E-state index in [4.69, 9.17) is 22.1 Å². The summed E-state index contributed by atoms with van der Waals surface area (Å²) in [7, 11) is 1.52. The number of hydrogen-bond donors (Lipinski definition) is 2. The highest BCUT2D eigenvalue weighted by Crippen LogP contribution is 2.25. The number of methoxy groups -OCH3 is 1. The second kappa shape index (κ2) is 6.26. The number of primary amides is 1.